The third-order valence-corrected chi connectivity index (χ3v) is 6.45. The number of rotatable bonds is 1. The molecule has 1 fully saturated rings. The van der Waals surface area contributed by atoms with Gasteiger partial charge in [-0.3, -0.25) is 4.79 Å². The second-order valence-corrected chi connectivity index (χ2v) is 7.92. The molecule has 1 amide bonds. The van der Waals surface area contributed by atoms with E-state index in [-0.39, 0.29) is 11.4 Å². The number of nitrogens with one attached hydrogen (secondary N) is 3. The maximum absolute atomic E-state index is 13.0. The largest absolute Gasteiger partial charge is 0.480 e. The zero-order chi connectivity index (χ0) is 17.7. The lowest BCUT2D eigenvalue weighted by atomic mass is 9.88. The van der Waals surface area contributed by atoms with Crippen molar-refractivity contribution in [1.82, 2.24) is 20.6 Å². The predicted octanol–water partition coefficient (Wildman–Crippen LogP) is 2.13. The number of fused-ring (bicyclic) bond motifs is 5. The van der Waals surface area contributed by atoms with E-state index in [2.05, 4.69) is 25.9 Å². The van der Waals surface area contributed by atoms with Gasteiger partial charge in [0.15, 0.2) is 0 Å². The smallest absolute Gasteiger partial charge is 0.264 e. The number of hydrogen-bond acceptors (Lipinski definition) is 7. The van der Waals surface area contributed by atoms with Gasteiger partial charge < -0.3 is 20.7 Å². The Labute approximate surface area is 154 Å². The number of hydrogen-bond donors (Lipinski definition) is 3. The van der Waals surface area contributed by atoms with Crippen LogP contribution in [0.1, 0.15) is 22.5 Å². The molecule has 0 saturated carbocycles. The lowest BCUT2D eigenvalue weighted by Gasteiger charge is -2.37. The zero-order valence-electron chi connectivity index (χ0n) is 14.4. The molecule has 2 aliphatic rings. The van der Waals surface area contributed by atoms with Crippen LogP contribution >= 0.6 is 11.3 Å². The first-order valence-corrected chi connectivity index (χ1v) is 9.54. The van der Waals surface area contributed by atoms with Gasteiger partial charge >= 0.3 is 0 Å². The SMILES string of the molecule is COc1cnc2c(ccc3sc4c(c32)NCC2(CCNCC2)NC4=O)n1. The fourth-order valence-corrected chi connectivity index (χ4v) is 4.96. The highest BCUT2D eigenvalue weighted by Crippen LogP contribution is 2.41. The van der Waals surface area contributed by atoms with Crippen LogP contribution in [-0.4, -0.2) is 48.2 Å². The second-order valence-electron chi connectivity index (χ2n) is 6.86. The fraction of sp³-hybridized carbons (Fsp3) is 0.389. The fourth-order valence-electron chi connectivity index (χ4n) is 3.88. The van der Waals surface area contributed by atoms with Crippen LogP contribution in [0.4, 0.5) is 5.69 Å². The molecule has 2 aliphatic heterocycles. The Morgan fingerprint density at radius 2 is 2.12 bits per heavy atom. The Balaban J connectivity index is 1.67. The standard InChI is InChI=1S/C18H19N5O2S/c1-25-12-8-20-14-10(22-12)2-3-11-13(14)15-16(26-11)17(24)23-18(9-21-15)4-6-19-7-5-18/h2-3,8,19,21H,4-7,9H2,1H3,(H,23,24). The summed E-state index contributed by atoms with van der Waals surface area (Å²) in [5.41, 5.74) is 2.25. The molecule has 0 bridgehead atoms. The number of anilines is 1. The number of carbonyl (C=O) groups excluding carboxylic acids is 1. The summed E-state index contributed by atoms with van der Waals surface area (Å²) in [6.45, 7) is 2.56. The minimum atomic E-state index is -0.188. The van der Waals surface area contributed by atoms with Crippen molar-refractivity contribution in [3.05, 3.63) is 23.2 Å². The summed E-state index contributed by atoms with van der Waals surface area (Å²) < 4.78 is 6.22. The van der Waals surface area contributed by atoms with E-state index in [1.807, 2.05) is 12.1 Å². The van der Waals surface area contributed by atoms with Crippen molar-refractivity contribution in [2.45, 2.75) is 18.4 Å². The highest BCUT2D eigenvalue weighted by molar-refractivity contribution is 7.21. The molecule has 0 aliphatic carbocycles. The van der Waals surface area contributed by atoms with Gasteiger partial charge in [-0.15, -0.1) is 11.3 Å². The van der Waals surface area contributed by atoms with Gasteiger partial charge in [0.05, 0.1) is 35.6 Å². The quantitative estimate of drug-likeness (QED) is 0.609. The van der Waals surface area contributed by atoms with Gasteiger partial charge in [0, 0.05) is 16.6 Å². The summed E-state index contributed by atoms with van der Waals surface area (Å²) in [5, 5.41) is 11.2. The summed E-state index contributed by atoms with van der Waals surface area (Å²) in [6, 6.07) is 3.93. The highest BCUT2D eigenvalue weighted by Gasteiger charge is 2.38. The van der Waals surface area contributed by atoms with Crippen LogP contribution in [0.25, 0.3) is 21.1 Å². The van der Waals surface area contributed by atoms with E-state index in [0.717, 1.165) is 64.2 Å². The summed E-state index contributed by atoms with van der Waals surface area (Å²) >= 11 is 1.50. The molecule has 7 nitrogen and oxygen atoms in total. The van der Waals surface area contributed by atoms with Gasteiger partial charge in [-0.1, -0.05) is 0 Å². The van der Waals surface area contributed by atoms with Crippen LogP contribution in [0, 0.1) is 0 Å². The molecule has 0 unspecified atom stereocenters. The van der Waals surface area contributed by atoms with Crippen molar-refractivity contribution >= 4 is 44.1 Å². The number of aromatic nitrogens is 2. The molecule has 2 aromatic heterocycles. The van der Waals surface area contributed by atoms with Crippen LogP contribution < -0.4 is 20.7 Å². The third kappa shape index (κ3) is 2.33. The Hall–Kier alpha value is -2.45. The molecule has 4 heterocycles. The molecule has 26 heavy (non-hydrogen) atoms. The Kier molecular flexibility index (Phi) is 3.51. The molecule has 1 spiro atoms. The maximum atomic E-state index is 13.0. The van der Waals surface area contributed by atoms with E-state index in [9.17, 15) is 4.79 Å². The van der Waals surface area contributed by atoms with E-state index in [1.165, 1.54) is 11.3 Å². The molecule has 5 rings (SSSR count). The molecule has 134 valence electrons. The normalized spacial score (nSPS) is 19.0. The molecular weight excluding hydrogens is 350 g/mol. The van der Waals surface area contributed by atoms with Gasteiger partial charge in [-0.05, 0) is 38.1 Å². The predicted molar refractivity (Wildman–Crippen MR) is 102 cm³/mol. The van der Waals surface area contributed by atoms with E-state index in [0.29, 0.717) is 5.88 Å². The lowest BCUT2D eigenvalue weighted by molar-refractivity contribution is 0.0893. The van der Waals surface area contributed by atoms with Crippen LogP contribution in [-0.2, 0) is 0 Å². The Morgan fingerprint density at radius 3 is 2.92 bits per heavy atom. The monoisotopic (exact) mass is 369 g/mol. The van der Waals surface area contributed by atoms with E-state index >= 15 is 0 Å². The van der Waals surface area contributed by atoms with Crippen molar-refractivity contribution in [2.75, 3.05) is 32.1 Å². The number of ether oxygens (including phenoxy) is 1. The number of nitrogens with zero attached hydrogens (tertiary/aromatic N) is 2. The number of benzene rings is 1. The average molecular weight is 369 g/mol. The molecule has 8 heteroatoms. The second kappa shape index (κ2) is 5.78. The minimum absolute atomic E-state index is 0.00252. The van der Waals surface area contributed by atoms with Crippen LogP contribution in [0.3, 0.4) is 0 Å². The van der Waals surface area contributed by atoms with Crippen molar-refractivity contribution in [1.29, 1.82) is 0 Å². The molecule has 0 atom stereocenters. The van der Waals surface area contributed by atoms with E-state index in [4.69, 9.17) is 4.74 Å². The zero-order valence-corrected chi connectivity index (χ0v) is 15.2. The number of methoxy groups -OCH3 is 1. The first-order valence-electron chi connectivity index (χ1n) is 8.72. The molecule has 0 radical (unpaired) electrons. The molecule has 1 saturated heterocycles. The highest BCUT2D eigenvalue weighted by atomic mass is 32.1. The summed E-state index contributed by atoms with van der Waals surface area (Å²) in [7, 11) is 1.58. The van der Waals surface area contributed by atoms with Gasteiger partial charge in [-0.2, -0.15) is 0 Å². The average Bonchev–Trinajstić information content (AvgIpc) is 3.00. The number of amides is 1. The first kappa shape index (κ1) is 15.8. The molecule has 3 N–H and O–H groups in total. The summed E-state index contributed by atoms with van der Waals surface area (Å²) in [5.74, 6) is 0.486. The summed E-state index contributed by atoms with van der Waals surface area (Å²) in [4.78, 5) is 22.7. The Morgan fingerprint density at radius 1 is 1.27 bits per heavy atom. The van der Waals surface area contributed by atoms with Crippen molar-refractivity contribution < 1.29 is 9.53 Å². The van der Waals surface area contributed by atoms with Gasteiger partial charge in [0.1, 0.15) is 4.88 Å². The first-order chi connectivity index (χ1) is 12.7. The van der Waals surface area contributed by atoms with Gasteiger partial charge in [0.2, 0.25) is 5.88 Å². The van der Waals surface area contributed by atoms with Crippen molar-refractivity contribution in [3.8, 4) is 5.88 Å². The lowest BCUT2D eigenvalue weighted by Crippen LogP contribution is -2.57. The number of piperidine rings is 1. The third-order valence-electron chi connectivity index (χ3n) is 5.30. The number of thiophene rings is 1. The molecule has 3 aromatic rings. The minimum Gasteiger partial charge on any atom is -0.480 e. The molecule has 1 aromatic carbocycles. The molecular formula is C18H19N5O2S. The van der Waals surface area contributed by atoms with E-state index < -0.39 is 0 Å². The van der Waals surface area contributed by atoms with Gasteiger partial charge in [-0.25, -0.2) is 9.97 Å². The van der Waals surface area contributed by atoms with Crippen molar-refractivity contribution in [2.24, 2.45) is 0 Å². The van der Waals surface area contributed by atoms with Crippen LogP contribution in [0.2, 0.25) is 0 Å². The number of carbonyl (C=O) groups is 1. The van der Waals surface area contributed by atoms with Gasteiger partial charge in [0.25, 0.3) is 5.91 Å². The topological polar surface area (TPSA) is 88.2 Å². The Bertz CT molecular complexity index is 1030. The maximum Gasteiger partial charge on any atom is 0.264 e. The van der Waals surface area contributed by atoms with Crippen LogP contribution in [0.5, 0.6) is 5.88 Å². The van der Waals surface area contributed by atoms with Crippen LogP contribution in [0.15, 0.2) is 18.3 Å². The van der Waals surface area contributed by atoms with Crippen molar-refractivity contribution in [3.63, 3.8) is 0 Å². The summed E-state index contributed by atoms with van der Waals surface area (Å²) in [6.07, 6.45) is 3.48. The van der Waals surface area contributed by atoms with E-state index in [1.54, 1.807) is 13.3 Å².